The van der Waals surface area contributed by atoms with E-state index >= 15 is 0 Å². The smallest absolute Gasteiger partial charge is 0.221 e. The predicted molar refractivity (Wildman–Crippen MR) is 139 cm³/mol. The van der Waals surface area contributed by atoms with Gasteiger partial charge in [-0.15, -0.1) is 24.0 Å². The van der Waals surface area contributed by atoms with E-state index in [0.717, 1.165) is 29.6 Å². The number of amides is 1. The molecule has 9 heteroatoms. The summed E-state index contributed by atoms with van der Waals surface area (Å²) >= 11 is 0. The van der Waals surface area contributed by atoms with Crippen LogP contribution in [0.3, 0.4) is 0 Å². The summed E-state index contributed by atoms with van der Waals surface area (Å²) in [6.07, 6.45) is 0. The average molecular weight is 556 g/mol. The molecule has 0 bridgehead atoms. The van der Waals surface area contributed by atoms with Gasteiger partial charge in [0.05, 0.1) is 20.8 Å². The molecule has 176 valence electrons. The van der Waals surface area contributed by atoms with E-state index in [1.807, 2.05) is 55.3 Å². The van der Waals surface area contributed by atoms with Crippen LogP contribution in [0.25, 0.3) is 0 Å². The van der Waals surface area contributed by atoms with Gasteiger partial charge < -0.3 is 29.7 Å². The summed E-state index contributed by atoms with van der Waals surface area (Å²) in [5, 5.41) is 6.04. The van der Waals surface area contributed by atoms with Gasteiger partial charge in [-0.1, -0.05) is 6.07 Å². The van der Waals surface area contributed by atoms with Crippen LogP contribution in [0.1, 0.15) is 19.4 Å². The Hall–Kier alpha value is -2.69. The van der Waals surface area contributed by atoms with E-state index in [0.29, 0.717) is 31.1 Å². The van der Waals surface area contributed by atoms with Crippen molar-refractivity contribution in [2.75, 3.05) is 46.3 Å². The maximum Gasteiger partial charge on any atom is 0.221 e. The molecule has 2 N–H and O–H groups in total. The molecule has 0 unspecified atom stereocenters. The molecule has 0 aliphatic heterocycles. The Bertz CT molecular complexity index is 892. The second kappa shape index (κ2) is 14.4. The van der Waals surface area contributed by atoms with Gasteiger partial charge in [0.15, 0.2) is 5.96 Å². The van der Waals surface area contributed by atoms with Crippen LogP contribution in [0.5, 0.6) is 17.2 Å². The van der Waals surface area contributed by atoms with Gasteiger partial charge in [-0.3, -0.25) is 4.79 Å². The zero-order valence-electron chi connectivity index (χ0n) is 19.3. The predicted octanol–water partition coefficient (Wildman–Crippen LogP) is 3.76. The maximum atomic E-state index is 11.2. The Labute approximate surface area is 207 Å². The largest absolute Gasteiger partial charge is 0.497 e. The number of benzene rings is 2. The lowest BCUT2D eigenvalue weighted by atomic mass is 10.2. The van der Waals surface area contributed by atoms with Crippen molar-refractivity contribution >= 4 is 41.5 Å². The maximum absolute atomic E-state index is 11.2. The molecule has 0 aliphatic carbocycles. The van der Waals surface area contributed by atoms with E-state index in [9.17, 15) is 4.79 Å². The zero-order valence-corrected chi connectivity index (χ0v) is 21.6. The van der Waals surface area contributed by atoms with Gasteiger partial charge in [0.25, 0.3) is 0 Å². The molecule has 8 nitrogen and oxygen atoms in total. The summed E-state index contributed by atoms with van der Waals surface area (Å²) in [4.78, 5) is 17.9. The second-order valence-corrected chi connectivity index (χ2v) is 6.83. The minimum Gasteiger partial charge on any atom is -0.497 e. The summed E-state index contributed by atoms with van der Waals surface area (Å²) in [5.74, 6) is 2.86. The van der Waals surface area contributed by atoms with Gasteiger partial charge in [0.2, 0.25) is 5.91 Å². The molecule has 2 aromatic carbocycles. The number of carbonyl (C=O) groups is 1. The lowest BCUT2D eigenvalue weighted by Crippen LogP contribution is -2.38. The third-order valence-electron chi connectivity index (χ3n) is 4.37. The van der Waals surface area contributed by atoms with Crippen LogP contribution in [0, 0.1) is 0 Å². The van der Waals surface area contributed by atoms with E-state index in [1.54, 1.807) is 20.3 Å². The van der Waals surface area contributed by atoms with Crippen molar-refractivity contribution in [1.82, 2.24) is 10.2 Å². The normalized spacial score (nSPS) is 10.6. The highest BCUT2D eigenvalue weighted by molar-refractivity contribution is 14.0. The standard InChI is InChI=1S/C23H32N4O4.HI/c1-6-24-23(27(3)16-18-10-11-20(29-4)15-22(18)30-5)25-12-13-31-21-9-7-8-19(14-21)26-17(2)28;/h7-11,14-15H,6,12-13,16H2,1-5H3,(H,24,25)(H,26,28);1H. The summed E-state index contributed by atoms with van der Waals surface area (Å²) in [7, 11) is 5.26. The summed E-state index contributed by atoms with van der Waals surface area (Å²) in [5.41, 5.74) is 1.73. The van der Waals surface area contributed by atoms with Crippen molar-refractivity contribution < 1.29 is 19.0 Å². The number of nitrogens with zero attached hydrogens (tertiary/aromatic N) is 2. The van der Waals surface area contributed by atoms with Crippen LogP contribution in [0.4, 0.5) is 5.69 Å². The molecule has 0 atom stereocenters. The summed E-state index contributed by atoms with van der Waals surface area (Å²) < 4.78 is 16.5. The van der Waals surface area contributed by atoms with Gasteiger partial charge in [-0.25, -0.2) is 4.99 Å². The third kappa shape index (κ3) is 8.81. The van der Waals surface area contributed by atoms with Crippen molar-refractivity contribution in [2.45, 2.75) is 20.4 Å². The van der Waals surface area contributed by atoms with E-state index in [4.69, 9.17) is 14.2 Å². The highest BCUT2D eigenvalue weighted by atomic mass is 127. The Morgan fingerprint density at radius 3 is 2.53 bits per heavy atom. The van der Waals surface area contributed by atoms with E-state index in [-0.39, 0.29) is 29.9 Å². The lowest BCUT2D eigenvalue weighted by molar-refractivity contribution is -0.114. The Morgan fingerprint density at radius 2 is 1.88 bits per heavy atom. The minimum absolute atomic E-state index is 0. The van der Waals surface area contributed by atoms with E-state index < -0.39 is 0 Å². The lowest BCUT2D eigenvalue weighted by Gasteiger charge is -2.23. The van der Waals surface area contributed by atoms with Gasteiger partial charge in [0.1, 0.15) is 23.9 Å². The SMILES string of the molecule is CCNC(=NCCOc1cccc(NC(C)=O)c1)N(C)Cc1ccc(OC)cc1OC.I. The van der Waals surface area contributed by atoms with Gasteiger partial charge in [-0.2, -0.15) is 0 Å². The fourth-order valence-electron chi connectivity index (χ4n) is 2.96. The van der Waals surface area contributed by atoms with Crippen LogP contribution < -0.4 is 24.8 Å². The topological polar surface area (TPSA) is 84.4 Å². The van der Waals surface area contributed by atoms with Crippen LogP contribution in [-0.4, -0.2) is 57.7 Å². The van der Waals surface area contributed by atoms with E-state index in [1.165, 1.54) is 6.92 Å². The number of aliphatic imine (C=N–C) groups is 1. The number of carbonyl (C=O) groups excluding carboxylic acids is 1. The van der Waals surface area contributed by atoms with Crippen molar-refractivity contribution in [3.05, 3.63) is 48.0 Å². The average Bonchev–Trinajstić information content (AvgIpc) is 2.75. The number of halogens is 1. The molecule has 2 aromatic rings. The molecule has 0 aliphatic rings. The van der Waals surface area contributed by atoms with E-state index in [2.05, 4.69) is 15.6 Å². The number of hydrogen-bond acceptors (Lipinski definition) is 5. The van der Waals surface area contributed by atoms with Crippen molar-refractivity contribution in [3.63, 3.8) is 0 Å². The number of rotatable bonds is 10. The molecule has 1 amide bonds. The number of ether oxygens (including phenoxy) is 3. The summed E-state index contributed by atoms with van der Waals surface area (Å²) in [6, 6.07) is 13.1. The molecule has 0 aromatic heterocycles. The van der Waals surface area contributed by atoms with Gasteiger partial charge in [0, 0.05) is 50.4 Å². The van der Waals surface area contributed by atoms with Crippen molar-refractivity contribution in [2.24, 2.45) is 4.99 Å². The van der Waals surface area contributed by atoms with Crippen LogP contribution in [-0.2, 0) is 11.3 Å². The Balaban J connectivity index is 0.00000512. The molecule has 0 fully saturated rings. The fraction of sp³-hybridized carbons (Fsp3) is 0.391. The molecule has 0 saturated carbocycles. The quantitative estimate of drug-likeness (QED) is 0.201. The Kier molecular flexibility index (Phi) is 12.3. The number of guanidine groups is 1. The van der Waals surface area contributed by atoms with Crippen LogP contribution in [0.2, 0.25) is 0 Å². The first-order chi connectivity index (χ1) is 15.0. The third-order valence-corrected chi connectivity index (χ3v) is 4.37. The fourth-order valence-corrected chi connectivity index (χ4v) is 2.96. The molecule has 0 saturated heterocycles. The first-order valence-electron chi connectivity index (χ1n) is 10.2. The molecule has 2 rings (SSSR count). The molecule has 0 spiro atoms. The number of hydrogen-bond donors (Lipinski definition) is 2. The number of anilines is 1. The van der Waals surface area contributed by atoms with Crippen molar-refractivity contribution in [3.8, 4) is 17.2 Å². The molecular weight excluding hydrogens is 523 g/mol. The van der Waals surface area contributed by atoms with Crippen LogP contribution >= 0.6 is 24.0 Å². The number of methoxy groups -OCH3 is 2. The number of nitrogens with one attached hydrogen (secondary N) is 2. The van der Waals surface area contributed by atoms with Gasteiger partial charge >= 0.3 is 0 Å². The molecule has 32 heavy (non-hydrogen) atoms. The highest BCUT2D eigenvalue weighted by Crippen LogP contribution is 2.25. The van der Waals surface area contributed by atoms with Crippen LogP contribution in [0.15, 0.2) is 47.5 Å². The molecule has 0 heterocycles. The Morgan fingerprint density at radius 1 is 1.09 bits per heavy atom. The monoisotopic (exact) mass is 556 g/mol. The first kappa shape index (κ1) is 27.3. The molecule has 0 radical (unpaired) electrons. The zero-order chi connectivity index (χ0) is 22.6. The molecular formula is C23H33IN4O4. The highest BCUT2D eigenvalue weighted by Gasteiger charge is 2.11. The second-order valence-electron chi connectivity index (χ2n) is 6.83. The minimum atomic E-state index is -0.117. The first-order valence-corrected chi connectivity index (χ1v) is 10.2. The van der Waals surface area contributed by atoms with Gasteiger partial charge in [-0.05, 0) is 31.2 Å². The van der Waals surface area contributed by atoms with Crippen molar-refractivity contribution in [1.29, 1.82) is 0 Å². The summed E-state index contributed by atoms with van der Waals surface area (Å²) in [6.45, 7) is 5.78.